The highest BCUT2D eigenvalue weighted by Crippen LogP contribution is 2.25. The van der Waals surface area contributed by atoms with E-state index in [2.05, 4.69) is 4.72 Å². The number of rotatable bonds is 9. The molecule has 1 fully saturated rings. The standard InChI is InChI=1S/C29H28N4O4S/c30-28(31)23-8-4-7-21(15-23)18-33-14-13-27(29(33)34)32-38(35,36)26-12-10-22-9-11-25(16-24(22)17-26)37-19-20-5-2-1-3-6-20/h1-12,15-17,27,32H,13-14,18-19H2,(H3,30,31)/t27-/m0/s1. The maximum Gasteiger partial charge on any atom is 0.241 e. The van der Waals surface area contributed by atoms with Gasteiger partial charge < -0.3 is 15.4 Å². The van der Waals surface area contributed by atoms with Crippen LogP contribution in [0.3, 0.4) is 0 Å². The number of hydrogen-bond donors (Lipinski definition) is 3. The highest BCUT2D eigenvalue weighted by atomic mass is 32.2. The summed E-state index contributed by atoms with van der Waals surface area (Å²) < 4.78 is 34.9. The summed E-state index contributed by atoms with van der Waals surface area (Å²) in [7, 11) is -3.93. The van der Waals surface area contributed by atoms with E-state index in [1.807, 2.05) is 54.6 Å². The zero-order valence-electron chi connectivity index (χ0n) is 20.6. The van der Waals surface area contributed by atoms with Crippen LogP contribution in [0.15, 0.2) is 95.9 Å². The van der Waals surface area contributed by atoms with E-state index in [0.29, 0.717) is 37.4 Å². The molecule has 0 unspecified atom stereocenters. The summed E-state index contributed by atoms with van der Waals surface area (Å²) in [6.07, 6.45) is 0.371. The molecule has 0 bridgehead atoms. The van der Waals surface area contributed by atoms with Gasteiger partial charge in [0.2, 0.25) is 15.9 Å². The molecule has 4 aromatic rings. The van der Waals surface area contributed by atoms with Crippen LogP contribution >= 0.6 is 0 Å². The Bertz CT molecular complexity index is 1610. The maximum absolute atomic E-state index is 13.2. The van der Waals surface area contributed by atoms with Crippen molar-refractivity contribution in [1.29, 1.82) is 5.41 Å². The molecular weight excluding hydrogens is 500 g/mol. The number of carbonyl (C=O) groups is 1. The average Bonchev–Trinajstić information content (AvgIpc) is 3.25. The van der Waals surface area contributed by atoms with E-state index < -0.39 is 16.1 Å². The van der Waals surface area contributed by atoms with Gasteiger partial charge >= 0.3 is 0 Å². The van der Waals surface area contributed by atoms with Gasteiger partial charge in [-0.3, -0.25) is 10.2 Å². The Balaban J connectivity index is 1.27. The van der Waals surface area contributed by atoms with Crippen LogP contribution in [0.2, 0.25) is 0 Å². The summed E-state index contributed by atoms with van der Waals surface area (Å²) in [5.74, 6) is 0.314. The first-order valence-corrected chi connectivity index (χ1v) is 13.7. The molecule has 9 heteroatoms. The molecule has 8 nitrogen and oxygen atoms in total. The fourth-order valence-electron chi connectivity index (χ4n) is 4.52. The minimum absolute atomic E-state index is 0.0458. The summed E-state index contributed by atoms with van der Waals surface area (Å²) in [4.78, 5) is 14.7. The van der Waals surface area contributed by atoms with Crippen molar-refractivity contribution in [2.75, 3.05) is 6.54 Å². The Morgan fingerprint density at radius 2 is 1.71 bits per heavy atom. The predicted octanol–water partition coefficient (Wildman–Crippen LogP) is 3.78. The molecule has 0 spiro atoms. The largest absolute Gasteiger partial charge is 0.489 e. The van der Waals surface area contributed by atoms with Gasteiger partial charge in [0.15, 0.2) is 0 Å². The fourth-order valence-corrected chi connectivity index (χ4v) is 5.78. The fraction of sp³-hybridized carbons (Fsp3) is 0.172. The molecule has 0 aliphatic carbocycles. The first-order chi connectivity index (χ1) is 18.3. The van der Waals surface area contributed by atoms with Gasteiger partial charge in [0, 0.05) is 18.7 Å². The second-order valence-corrected chi connectivity index (χ2v) is 11.0. The van der Waals surface area contributed by atoms with E-state index in [1.54, 1.807) is 41.3 Å². The van der Waals surface area contributed by atoms with Crippen LogP contribution in [0, 0.1) is 5.41 Å². The summed E-state index contributed by atoms with van der Waals surface area (Å²) in [6, 6.07) is 26.5. The number of fused-ring (bicyclic) bond motifs is 1. The van der Waals surface area contributed by atoms with Gasteiger partial charge in [0.1, 0.15) is 24.2 Å². The van der Waals surface area contributed by atoms with Gasteiger partial charge in [-0.1, -0.05) is 60.7 Å². The summed E-state index contributed by atoms with van der Waals surface area (Å²) in [6.45, 7) is 1.15. The monoisotopic (exact) mass is 528 g/mol. The number of nitrogens with two attached hydrogens (primary N) is 1. The molecule has 0 radical (unpaired) electrons. The predicted molar refractivity (Wildman–Crippen MR) is 146 cm³/mol. The molecule has 1 atom stereocenters. The van der Waals surface area contributed by atoms with Crippen LogP contribution in [0.1, 0.15) is 23.1 Å². The number of ether oxygens (including phenoxy) is 1. The molecule has 5 rings (SSSR count). The van der Waals surface area contributed by atoms with Gasteiger partial charge in [0.25, 0.3) is 0 Å². The first kappa shape index (κ1) is 25.4. The van der Waals surface area contributed by atoms with Gasteiger partial charge in [-0.15, -0.1) is 0 Å². The van der Waals surface area contributed by atoms with E-state index >= 15 is 0 Å². The molecule has 1 aliphatic rings. The van der Waals surface area contributed by atoms with E-state index in [1.165, 1.54) is 0 Å². The van der Waals surface area contributed by atoms with Crippen molar-refractivity contribution in [1.82, 2.24) is 9.62 Å². The van der Waals surface area contributed by atoms with Crippen LogP contribution in [0.4, 0.5) is 0 Å². The highest BCUT2D eigenvalue weighted by Gasteiger charge is 2.35. The number of benzene rings is 4. The van der Waals surface area contributed by atoms with Crippen molar-refractivity contribution in [2.45, 2.75) is 30.5 Å². The lowest BCUT2D eigenvalue weighted by Gasteiger charge is -2.18. The third-order valence-electron chi connectivity index (χ3n) is 6.55. The number of likely N-dealkylation sites (tertiary alicyclic amines) is 1. The van der Waals surface area contributed by atoms with Crippen LogP contribution < -0.4 is 15.2 Å². The summed E-state index contributed by atoms with van der Waals surface area (Å²) in [5, 5.41) is 9.21. The molecule has 4 N–H and O–H groups in total. The lowest BCUT2D eigenvalue weighted by molar-refractivity contribution is -0.129. The minimum atomic E-state index is -3.93. The Labute approximate surface area is 221 Å². The van der Waals surface area contributed by atoms with Crippen molar-refractivity contribution >= 4 is 32.5 Å². The molecule has 0 saturated carbocycles. The van der Waals surface area contributed by atoms with Crippen LogP contribution in [-0.4, -0.2) is 37.6 Å². The quantitative estimate of drug-likeness (QED) is 0.225. The molecule has 194 valence electrons. The Morgan fingerprint density at radius 1 is 0.947 bits per heavy atom. The van der Waals surface area contributed by atoms with Crippen molar-refractivity contribution in [3.8, 4) is 5.75 Å². The lowest BCUT2D eigenvalue weighted by atomic mass is 10.1. The van der Waals surface area contributed by atoms with Crippen molar-refractivity contribution in [2.24, 2.45) is 5.73 Å². The van der Waals surface area contributed by atoms with Crippen molar-refractivity contribution < 1.29 is 17.9 Å². The number of carbonyl (C=O) groups excluding carboxylic acids is 1. The SMILES string of the molecule is N=C(N)c1cccc(CN2CC[C@H](NS(=O)(=O)c3ccc4ccc(OCc5ccccc5)cc4c3)C2=O)c1. The van der Waals surface area contributed by atoms with E-state index in [-0.39, 0.29) is 16.6 Å². The summed E-state index contributed by atoms with van der Waals surface area (Å²) in [5.41, 5.74) is 8.01. The van der Waals surface area contributed by atoms with Crippen LogP contribution in [-0.2, 0) is 28.0 Å². The number of nitrogens with zero attached hydrogens (tertiary/aromatic N) is 1. The number of sulfonamides is 1. The number of amidine groups is 1. The van der Waals surface area contributed by atoms with Crippen LogP contribution in [0.25, 0.3) is 10.8 Å². The smallest absolute Gasteiger partial charge is 0.241 e. The molecule has 4 aromatic carbocycles. The van der Waals surface area contributed by atoms with E-state index in [0.717, 1.165) is 21.9 Å². The zero-order valence-corrected chi connectivity index (χ0v) is 21.4. The van der Waals surface area contributed by atoms with Crippen molar-refractivity contribution in [3.63, 3.8) is 0 Å². The molecule has 0 aromatic heterocycles. The van der Waals surface area contributed by atoms with Crippen molar-refractivity contribution in [3.05, 3.63) is 108 Å². The molecule has 1 heterocycles. The minimum Gasteiger partial charge on any atom is -0.489 e. The molecular formula is C29H28N4O4S. The molecule has 1 saturated heterocycles. The second kappa shape index (κ2) is 10.6. The summed E-state index contributed by atoms with van der Waals surface area (Å²) >= 11 is 0. The Morgan fingerprint density at radius 3 is 2.50 bits per heavy atom. The van der Waals surface area contributed by atoms with Gasteiger partial charge in [-0.2, -0.15) is 4.72 Å². The third-order valence-corrected chi connectivity index (χ3v) is 8.02. The maximum atomic E-state index is 13.2. The number of nitrogen functional groups attached to an aromatic ring is 1. The Kier molecular flexibility index (Phi) is 7.13. The van der Waals surface area contributed by atoms with E-state index in [4.69, 9.17) is 15.9 Å². The number of hydrogen-bond acceptors (Lipinski definition) is 5. The van der Waals surface area contributed by atoms with Gasteiger partial charge in [-0.05, 0) is 58.7 Å². The number of nitrogens with one attached hydrogen (secondary N) is 2. The zero-order chi connectivity index (χ0) is 26.7. The normalized spacial score (nSPS) is 15.6. The topological polar surface area (TPSA) is 126 Å². The first-order valence-electron chi connectivity index (χ1n) is 12.2. The Hall–Kier alpha value is -4.21. The van der Waals surface area contributed by atoms with E-state index in [9.17, 15) is 13.2 Å². The van der Waals surface area contributed by atoms with Crippen LogP contribution in [0.5, 0.6) is 5.75 Å². The van der Waals surface area contributed by atoms with Gasteiger partial charge in [-0.25, -0.2) is 8.42 Å². The molecule has 38 heavy (non-hydrogen) atoms. The third kappa shape index (κ3) is 5.69. The molecule has 1 amide bonds. The average molecular weight is 529 g/mol. The van der Waals surface area contributed by atoms with Gasteiger partial charge in [0.05, 0.1) is 4.90 Å². The second-order valence-electron chi connectivity index (χ2n) is 9.28. The highest BCUT2D eigenvalue weighted by molar-refractivity contribution is 7.89. The molecule has 1 aliphatic heterocycles. The number of amides is 1. The lowest BCUT2D eigenvalue weighted by Crippen LogP contribution is -2.41.